The van der Waals surface area contributed by atoms with Crippen LogP contribution >= 0.6 is 0 Å². The Morgan fingerprint density at radius 1 is 1.38 bits per heavy atom. The van der Waals surface area contributed by atoms with Crippen LogP contribution in [0.1, 0.15) is 30.0 Å². The van der Waals surface area contributed by atoms with Crippen molar-refractivity contribution in [3.63, 3.8) is 0 Å². The summed E-state index contributed by atoms with van der Waals surface area (Å²) in [6.45, 7) is 5.06. The van der Waals surface area contributed by atoms with Crippen LogP contribution in [-0.4, -0.2) is 30.9 Å². The van der Waals surface area contributed by atoms with Crippen molar-refractivity contribution in [1.82, 2.24) is 5.32 Å². The number of rotatable bonds is 3. The van der Waals surface area contributed by atoms with E-state index in [9.17, 15) is 18.3 Å². The number of benzene rings is 1. The van der Waals surface area contributed by atoms with Crippen molar-refractivity contribution in [3.8, 4) is 0 Å². The molecule has 21 heavy (non-hydrogen) atoms. The van der Waals surface area contributed by atoms with Gasteiger partial charge in [0.2, 0.25) is 0 Å². The zero-order chi connectivity index (χ0) is 15.7. The van der Waals surface area contributed by atoms with Crippen molar-refractivity contribution in [1.29, 1.82) is 0 Å². The number of aliphatic hydroxyl groups is 1. The molecule has 2 N–H and O–H groups in total. The molecule has 1 aromatic rings. The molecule has 6 heteroatoms. The second-order valence-electron chi connectivity index (χ2n) is 5.73. The van der Waals surface area contributed by atoms with Gasteiger partial charge < -0.3 is 15.2 Å². The Morgan fingerprint density at radius 3 is 2.62 bits per heavy atom. The van der Waals surface area contributed by atoms with E-state index < -0.39 is 17.3 Å². The van der Waals surface area contributed by atoms with Gasteiger partial charge in [0.05, 0.1) is 24.4 Å². The summed E-state index contributed by atoms with van der Waals surface area (Å²) in [6, 6.07) is 3.45. The van der Waals surface area contributed by atoms with Gasteiger partial charge in [-0.05, 0) is 43.5 Å². The highest BCUT2D eigenvalue weighted by Crippen LogP contribution is 2.34. The predicted octanol–water partition coefficient (Wildman–Crippen LogP) is 2.60. The third-order valence-electron chi connectivity index (χ3n) is 3.78. The molecule has 1 saturated heterocycles. The van der Waals surface area contributed by atoms with Crippen molar-refractivity contribution in [2.45, 2.75) is 38.1 Å². The van der Waals surface area contributed by atoms with Gasteiger partial charge in [0.15, 0.2) is 0 Å². The number of hydrogen-bond donors (Lipinski definition) is 2. The summed E-state index contributed by atoms with van der Waals surface area (Å²) in [5.41, 5.74) is -0.944. The summed E-state index contributed by atoms with van der Waals surface area (Å²) in [4.78, 5) is 0. The van der Waals surface area contributed by atoms with Gasteiger partial charge in [0.25, 0.3) is 0 Å². The van der Waals surface area contributed by atoms with Crippen LogP contribution in [0.5, 0.6) is 0 Å². The van der Waals surface area contributed by atoms with Crippen molar-refractivity contribution >= 4 is 0 Å². The lowest BCUT2D eigenvalue weighted by atomic mass is 9.85. The first-order valence-corrected chi connectivity index (χ1v) is 6.92. The molecule has 0 spiro atoms. The second-order valence-corrected chi connectivity index (χ2v) is 5.73. The lowest BCUT2D eigenvalue weighted by Crippen LogP contribution is -2.45. The molecule has 2 unspecified atom stereocenters. The lowest BCUT2D eigenvalue weighted by Gasteiger charge is -2.33. The fourth-order valence-corrected chi connectivity index (χ4v) is 2.78. The molecule has 0 bridgehead atoms. The SMILES string of the molecule is Cc1cc(C(F)(F)F)ccc1C(C)(O)CC1COCCN1. The Kier molecular flexibility index (Phi) is 4.60. The number of aryl methyl sites for hydroxylation is 1. The molecular formula is C15H20F3NO2. The zero-order valence-corrected chi connectivity index (χ0v) is 12.1. The van der Waals surface area contributed by atoms with Crippen molar-refractivity contribution < 1.29 is 23.0 Å². The highest BCUT2D eigenvalue weighted by atomic mass is 19.4. The van der Waals surface area contributed by atoms with E-state index in [0.29, 0.717) is 37.3 Å². The molecule has 0 radical (unpaired) electrons. The van der Waals surface area contributed by atoms with Crippen LogP contribution in [0.25, 0.3) is 0 Å². The van der Waals surface area contributed by atoms with Gasteiger partial charge in [-0.1, -0.05) is 6.07 Å². The summed E-state index contributed by atoms with van der Waals surface area (Å²) >= 11 is 0. The number of alkyl halides is 3. The number of morpholine rings is 1. The Balaban J connectivity index is 2.19. The quantitative estimate of drug-likeness (QED) is 0.902. The molecule has 0 aliphatic carbocycles. The maximum atomic E-state index is 12.7. The normalized spacial score (nSPS) is 22.9. The maximum absolute atomic E-state index is 12.7. The third kappa shape index (κ3) is 3.96. The van der Waals surface area contributed by atoms with Crippen LogP contribution < -0.4 is 5.32 Å². The van der Waals surface area contributed by atoms with Gasteiger partial charge in [-0.3, -0.25) is 0 Å². The second kappa shape index (κ2) is 5.94. The molecule has 118 valence electrons. The van der Waals surface area contributed by atoms with Gasteiger partial charge >= 0.3 is 6.18 Å². The molecule has 1 aliphatic heterocycles. The molecule has 2 atom stereocenters. The van der Waals surface area contributed by atoms with Crippen LogP contribution in [0.4, 0.5) is 13.2 Å². The van der Waals surface area contributed by atoms with Crippen molar-refractivity contribution in [3.05, 3.63) is 34.9 Å². The molecule has 2 rings (SSSR count). The Bertz CT molecular complexity index is 494. The Labute approximate surface area is 122 Å². The summed E-state index contributed by atoms with van der Waals surface area (Å²) in [6.07, 6.45) is -3.98. The third-order valence-corrected chi connectivity index (χ3v) is 3.78. The molecular weight excluding hydrogens is 283 g/mol. The summed E-state index contributed by atoms with van der Waals surface area (Å²) in [5.74, 6) is 0. The van der Waals surface area contributed by atoms with Crippen LogP contribution in [0.15, 0.2) is 18.2 Å². The van der Waals surface area contributed by atoms with Gasteiger partial charge in [0, 0.05) is 12.6 Å². The summed E-state index contributed by atoms with van der Waals surface area (Å²) in [5, 5.41) is 13.9. The highest BCUT2D eigenvalue weighted by Gasteiger charge is 2.34. The molecule has 1 aromatic carbocycles. The number of halogens is 3. The number of hydrogen-bond acceptors (Lipinski definition) is 3. The molecule has 1 aliphatic rings. The zero-order valence-electron chi connectivity index (χ0n) is 12.1. The Hall–Kier alpha value is -1.11. The van der Waals surface area contributed by atoms with Crippen molar-refractivity contribution in [2.24, 2.45) is 0 Å². The van der Waals surface area contributed by atoms with Gasteiger partial charge in [-0.25, -0.2) is 0 Å². The van der Waals surface area contributed by atoms with Crippen molar-refractivity contribution in [2.75, 3.05) is 19.8 Å². The van der Waals surface area contributed by atoms with E-state index in [4.69, 9.17) is 4.74 Å². The monoisotopic (exact) mass is 303 g/mol. The fraction of sp³-hybridized carbons (Fsp3) is 0.600. The van der Waals surface area contributed by atoms with Crippen LogP contribution in [0, 0.1) is 6.92 Å². The van der Waals surface area contributed by atoms with Gasteiger partial charge in [-0.2, -0.15) is 13.2 Å². The largest absolute Gasteiger partial charge is 0.416 e. The van der Waals surface area contributed by atoms with Crippen LogP contribution in [0.3, 0.4) is 0 Å². The highest BCUT2D eigenvalue weighted by molar-refractivity contribution is 5.36. The van der Waals surface area contributed by atoms with E-state index >= 15 is 0 Å². The minimum Gasteiger partial charge on any atom is -0.385 e. The molecule has 0 aromatic heterocycles. The molecule has 0 amide bonds. The topological polar surface area (TPSA) is 41.5 Å². The van der Waals surface area contributed by atoms with E-state index in [1.807, 2.05) is 0 Å². The average Bonchev–Trinajstić information content (AvgIpc) is 2.37. The Morgan fingerprint density at radius 2 is 2.10 bits per heavy atom. The fourth-order valence-electron chi connectivity index (χ4n) is 2.78. The summed E-state index contributed by atoms with van der Waals surface area (Å²) in [7, 11) is 0. The van der Waals surface area contributed by atoms with Crippen LogP contribution in [0.2, 0.25) is 0 Å². The number of nitrogens with one attached hydrogen (secondary N) is 1. The molecule has 1 heterocycles. The smallest absolute Gasteiger partial charge is 0.385 e. The van der Waals surface area contributed by atoms with Gasteiger partial charge in [-0.15, -0.1) is 0 Å². The van der Waals surface area contributed by atoms with E-state index in [1.165, 1.54) is 6.07 Å². The first kappa shape index (κ1) is 16.3. The molecule has 0 saturated carbocycles. The van der Waals surface area contributed by atoms with Gasteiger partial charge in [0.1, 0.15) is 0 Å². The first-order valence-electron chi connectivity index (χ1n) is 6.92. The first-order chi connectivity index (χ1) is 9.70. The minimum atomic E-state index is -4.37. The lowest BCUT2D eigenvalue weighted by molar-refractivity contribution is -0.137. The summed E-state index contributed by atoms with van der Waals surface area (Å²) < 4.78 is 43.4. The minimum absolute atomic E-state index is 0.00422. The number of ether oxygens (including phenoxy) is 1. The molecule has 3 nitrogen and oxygen atoms in total. The standard InChI is InChI=1S/C15H20F3NO2/c1-10-7-11(15(16,17)18)3-4-13(10)14(2,20)8-12-9-21-6-5-19-12/h3-4,7,12,19-20H,5-6,8-9H2,1-2H3. The predicted molar refractivity (Wildman–Crippen MR) is 73.0 cm³/mol. The van der Waals surface area contributed by atoms with E-state index in [-0.39, 0.29) is 6.04 Å². The average molecular weight is 303 g/mol. The van der Waals surface area contributed by atoms with E-state index in [2.05, 4.69) is 5.32 Å². The molecule has 1 fully saturated rings. The van der Waals surface area contributed by atoms with Crippen LogP contribution in [-0.2, 0) is 16.5 Å². The van der Waals surface area contributed by atoms with E-state index in [0.717, 1.165) is 12.1 Å². The maximum Gasteiger partial charge on any atom is 0.416 e. The van der Waals surface area contributed by atoms with E-state index in [1.54, 1.807) is 13.8 Å².